The number of nitrogens with one attached hydrogen (secondary N) is 2. The Hall–Kier alpha value is -4.51. The number of esters is 1. The number of fused-ring (bicyclic) bond motifs is 1. The van der Waals surface area contributed by atoms with Crippen molar-refractivity contribution in [2.24, 2.45) is 5.10 Å². The second-order valence-corrected chi connectivity index (χ2v) is 11.1. The van der Waals surface area contributed by atoms with E-state index in [1.54, 1.807) is 79.9 Å². The number of carbonyl (C=O) groups is 3. The Kier molecular flexibility index (Phi) is 8.97. The molecular formula is C31H21BrClN3O5S. The van der Waals surface area contributed by atoms with Crippen molar-refractivity contribution in [3.8, 4) is 11.5 Å². The van der Waals surface area contributed by atoms with Gasteiger partial charge in [0.25, 0.3) is 11.8 Å². The van der Waals surface area contributed by atoms with Gasteiger partial charge in [0.1, 0.15) is 16.4 Å². The van der Waals surface area contributed by atoms with Crippen molar-refractivity contribution >= 4 is 78.6 Å². The van der Waals surface area contributed by atoms with E-state index >= 15 is 0 Å². The van der Waals surface area contributed by atoms with E-state index < -0.39 is 11.9 Å². The van der Waals surface area contributed by atoms with Gasteiger partial charge in [0.15, 0.2) is 0 Å². The molecule has 2 amide bonds. The van der Waals surface area contributed by atoms with Crippen LogP contribution in [-0.4, -0.2) is 31.1 Å². The normalized spacial score (nSPS) is 10.9. The zero-order chi connectivity index (χ0) is 29.6. The van der Waals surface area contributed by atoms with Crippen LogP contribution in [0.1, 0.15) is 36.0 Å². The van der Waals surface area contributed by atoms with Crippen LogP contribution in [0.15, 0.2) is 101 Å². The van der Waals surface area contributed by atoms with Gasteiger partial charge in [0, 0.05) is 36.9 Å². The van der Waals surface area contributed by atoms with Crippen molar-refractivity contribution in [2.45, 2.75) is 0 Å². The lowest BCUT2D eigenvalue weighted by Gasteiger charge is -2.07. The molecule has 1 aromatic heterocycles. The number of halogens is 2. The number of nitrogens with zero attached hydrogens (tertiary/aromatic N) is 1. The number of carbonyl (C=O) groups excluding carboxylic acids is 3. The number of rotatable bonds is 8. The van der Waals surface area contributed by atoms with Gasteiger partial charge in [-0.1, -0.05) is 45.7 Å². The van der Waals surface area contributed by atoms with Gasteiger partial charge >= 0.3 is 5.97 Å². The van der Waals surface area contributed by atoms with Gasteiger partial charge in [-0.05, 0) is 72.8 Å². The van der Waals surface area contributed by atoms with Crippen LogP contribution in [0.2, 0.25) is 5.02 Å². The maximum atomic E-state index is 13.0. The number of ether oxygens (including phenoxy) is 2. The molecule has 0 aliphatic heterocycles. The van der Waals surface area contributed by atoms with E-state index in [4.69, 9.17) is 21.1 Å². The van der Waals surface area contributed by atoms with Crippen molar-refractivity contribution in [2.75, 3.05) is 12.4 Å². The summed E-state index contributed by atoms with van der Waals surface area (Å²) in [6.45, 7) is 0. The Morgan fingerprint density at radius 1 is 0.905 bits per heavy atom. The Morgan fingerprint density at radius 3 is 2.33 bits per heavy atom. The number of hydrogen-bond acceptors (Lipinski definition) is 7. The third-order valence-corrected chi connectivity index (χ3v) is 8.16. The molecule has 0 radical (unpaired) electrons. The van der Waals surface area contributed by atoms with Crippen LogP contribution in [0.25, 0.3) is 10.1 Å². The van der Waals surface area contributed by atoms with Crippen LogP contribution < -0.4 is 20.2 Å². The summed E-state index contributed by atoms with van der Waals surface area (Å²) in [5, 5.41) is 7.90. The Labute approximate surface area is 258 Å². The number of anilines is 1. The predicted molar refractivity (Wildman–Crippen MR) is 168 cm³/mol. The highest BCUT2D eigenvalue weighted by Gasteiger charge is 2.20. The third kappa shape index (κ3) is 6.68. The monoisotopic (exact) mass is 661 g/mol. The smallest absolute Gasteiger partial charge is 0.355 e. The van der Waals surface area contributed by atoms with Crippen molar-refractivity contribution in [1.82, 2.24) is 5.43 Å². The number of benzene rings is 4. The fourth-order valence-electron chi connectivity index (χ4n) is 3.87. The highest BCUT2D eigenvalue weighted by atomic mass is 79.9. The molecule has 5 rings (SSSR count). The molecule has 0 aliphatic carbocycles. The summed E-state index contributed by atoms with van der Waals surface area (Å²) in [5.74, 6) is -0.438. The first kappa shape index (κ1) is 29.0. The molecule has 0 aliphatic rings. The van der Waals surface area contributed by atoms with Crippen LogP contribution in [-0.2, 0) is 0 Å². The fraction of sp³-hybridized carbons (Fsp3) is 0.0323. The van der Waals surface area contributed by atoms with E-state index in [1.807, 2.05) is 18.2 Å². The molecule has 8 nitrogen and oxygen atoms in total. The summed E-state index contributed by atoms with van der Waals surface area (Å²) in [6.07, 6.45) is 1.38. The van der Waals surface area contributed by atoms with Gasteiger partial charge in [-0.25, -0.2) is 10.2 Å². The summed E-state index contributed by atoms with van der Waals surface area (Å²) >= 11 is 11.1. The van der Waals surface area contributed by atoms with Gasteiger partial charge in [0.05, 0.1) is 18.3 Å². The molecule has 0 bridgehead atoms. The topological polar surface area (TPSA) is 106 Å². The standard InChI is InChI=1S/C31H21BrClN3O5S/c1-40-23-13-8-18(9-14-23)29(37)35-22-11-6-19(7-12-22)30(38)36-34-17-20-4-2-3-5-25(20)41-31(39)28-27(33)24-15-10-21(32)16-26(24)42-28/h2-17H,1H3,(H,35,37)(H,36,38)/b34-17-. The lowest BCUT2D eigenvalue weighted by molar-refractivity contribution is 0.0739. The molecule has 2 N–H and O–H groups in total. The van der Waals surface area contributed by atoms with Gasteiger partial charge in [-0.3, -0.25) is 9.59 Å². The number of para-hydroxylation sites is 1. The maximum Gasteiger partial charge on any atom is 0.355 e. The number of hydrogen-bond donors (Lipinski definition) is 2. The molecule has 0 atom stereocenters. The first-order chi connectivity index (χ1) is 20.3. The fourth-order valence-corrected chi connectivity index (χ4v) is 5.81. The Bertz CT molecular complexity index is 1820. The summed E-state index contributed by atoms with van der Waals surface area (Å²) < 4.78 is 12.5. The van der Waals surface area contributed by atoms with E-state index in [-0.39, 0.29) is 16.5 Å². The van der Waals surface area contributed by atoms with Gasteiger partial charge in [-0.15, -0.1) is 11.3 Å². The van der Waals surface area contributed by atoms with Crippen LogP contribution in [0.5, 0.6) is 11.5 Å². The quantitative estimate of drug-likeness (QED) is 0.0772. The van der Waals surface area contributed by atoms with Crippen LogP contribution in [0.4, 0.5) is 5.69 Å². The van der Waals surface area contributed by atoms with Gasteiger partial charge in [0.2, 0.25) is 0 Å². The molecular weight excluding hydrogens is 642 g/mol. The van der Waals surface area contributed by atoms with Crippen molar-refractivity contribution in [3.63, 3.8) is 0 Å². The molecule has 11 heteroatoms. The minimum atomic E-state index is -0.596. The van der Waals surface area contributed by atoms with Crippen LogP contribution in [0.3, 0.4) is 0 Å². The SMILES string of the molecule is COc1ccc(C(=O)Nc2ccc(C(=O)N/N=C\c3ccccc3OC(=O)c3sc4cc(Br)ccc4c3Cl)cc2)cc1. The second-order valence-electron chi connectivity index (χ2n) is 8.77. The number of thiophene rings is 1. The van der Waals surface area contributed by atoms with Crippen molar-refractivity contribution in [3.05, 3.63) is 122 Å². The van der Waals surface area contributed by atoms with Gasteiger partial charge in [-0.2, -0.15) is 5.10 Å². The van der Waals surface area contributed by atoms with E-state index in [0.29, 0.717) is 33.1 Å². The van der Waals surface area contributed by atoms with E-state index in [2.05, 4.69) is 31.8 Å². The third-order valence-electron chi connectivity index (χ3n) is 6.03. The van der Waals surface area contributed by atoms with Crippen LogP contribution >= 0.6 is 38.9 Å². The minimum Gasteiger partial charge on any atom is -0.497 e. The molecule has 5 aromatic rings. The minimum absolute atomic E-state index is 0.257. The summed E-state index contributed by atoms with van der Waals surface area (Å²) in [5.41, 5.74) is 4.26. The average molecular weight is 663 g/mol. The lowest BCUT2D eigenvalue weighted by Crippen LogP contribution is -2.18. The van der Waals surface area contributed by atoms with E-state index in [1.165, 1.54) is 17.6 Å². The van der Waals surface area contributed by atoms with Crippen molar-refractivity contribution < 1.29 is 23.9 Å². The van der Waals surface area contributed by atoms with Gasteiger partial charge < -0.3 is 14.8 Å². The lowest BCUT2D eigenvalue weighted by atomic mass is 10.1. The Balaban J connectivity index is 1.20. The van der Waals surface area contributed by atoms with Crippen LogP contribution in [0, 0.1) is 0 Å². The molecule has 0 fully saturated rings. The number of amides is 2. The highest BCUT2D eigenvalue weighted by Crippen LogP contribution is 2.37. The first-order valence-corrected chi connectivity index (χ1v) is 14.4. The molecule has 0 unspecified atom stereocenters. The molecule has 4 aromatic carbocycles. The molecule has 210 valence electrons. The summed E-state index contributed by atoms with van der Waals surface area (Å²) in [7, 11) is 1.55. The molecule has 0 spiro atoms. The number of methoxy groups -OCH3 is 1. The van der Waals surface area contributed by atoms with E-state index in [9.17, 15) is 14.4 Å². The molecule has 0 saturated heterocycles. The van der Waals surface area contributed by atoms with Crippen molar-refractivity contribution in [1.29, 1.82) is 0 Å². The molecule has 42 heavy (non-hydrogen) atoms. The highest BCUT2D eigenvalue weighted by molar-refractivity contribution is 9.10. The second kappa shape index (κ2) is 13.0. The zero-order valence-electron chi connectivity index (χ0n) is 21.9. The largest absolute Gasteiger partial charge is 0.497 e. The Morgan fingerprint density at radius 2 is 1.60 bits per heavy atom. The molecule has 0 saturated carbocycles. The average Bonchev–Trinajstić information content (AvgIpc) is 3.33. The summed E-state index contributed by atoms with van der Waals surface area (Å²) in [6, 6.07) is 25.5. The van der Waals surface area contributed by atoms with E-state index in [0.717, 1.165) is 14.6 Å². The first-order valence-electron chi connectivity index (χ1n) is 12.4. The summed E-state index contributed by atoms with van der Waals surface area (Å²) in [4.78, 5) is 38.3. The maximum absolute atomic E-state index is 13.0. The number of hydrazone groups is 1. The molecule has 1 heterocycles. The zero-order valence-corrected chi connectivity index (χ0v) is 25.0. The predicted octanol–water partition coefficient (Wildman–Crippen LogP) is 7.56.